The van der Waals surface area contributed by atoms with Gasteiger partial charge in [0.2, 0.25) is 5.91 Å². The summed E-state index contributed by atoms with van der Waals surface area (Å²) >= 11 is 0. The number of hydrogen-bond acceptors (Lipinski definition) is 3. The molecule has 1 fully saturated rings. The molecule has 0 saturated carbocycles. The van der Waals surface area contributed by atoms with E-state index in [-0.39, 0.29) is 28.8 Å². The maximum atomic E-state index is 11.8. The Morgan fingerprint density at radius 2 is 1.83 bits per heavy atom. The van der Waals surface area contributed by atoms with Gasteiger partial charge < -0.3 is 9.64 Å². The molecule has 4 nitrogen and oxygen atoms in total. The Morgan fingerprint density at radius 1 is 1.33 bits per heavy atom. The quantitative estimate of drug-likeness (QED) is 0.708. The van der Waals surface area contributed by atoms with Gasteiger partial charge in [-0.1, -0.05) is 27.7 Å². The zero-order valence-electron chi connectivity index (χ0n) is 12.4. The molecule has 18 heavy (non-hydrogen) atoms. The minimum absolute atomic E-state index is 0.00117. The van der Waals surface area contributed by atoms with Crippen LogP contribution in [-0.2, 0) is 14.3 Å². The van der Waals surface area contributed by atoms with Crippen molar-refractivity contribution in [1.29, 1.82) is 0 Å². The Hall–Kier alpha value is -1.06. The van der Waals surface area contributed by atoms with Crippen LogP contribution in [0.2, 0.25) is 0 Å². The SMILES string of the molecule is CN(C)C(=O)CC(C)(C)CC(C)(C)C1CC(=O)O1. The Labute approximate surface area is 110 Å². The van der Waals surface area contributed by atoms with Gasteiger partial charge in [-0.25, -0.2) is 0 Å². The molecular weight excluding hydrogens is 230 g/mol. The van der Waals surface area contributed by atoms with Crippen LogP contribution in [0.5, 0.6) is 0 Å². The molecule has 4 heteroatoms. The van der Waals surface area contributed by atoms with Gasteiger partial charge in [-0.15, -0.1) is 0 Å². The molecule has 1 heterocycles. The van der Waals surface area contributed by atoms with Crippen LogP contribution in [-0.4, -0.2) is 37.0 Å². The summed E-state index contributed by atoms with van der Waals surface area (Å²) in [7, 11) is 3.55. The fraction of sp³-hybridized carbons (Fsp3) is 0.857. The molecule has 1 saturated heterocycles. The molecule has 104 valence electrons. The Balaban J connectivity index is 2.58. The summed E-state index contributed by atoms with van der Waals surface area (Å²) in [5.74, 6) is 0.0247. The van der Waals surface area contributed by atoms with E-state index in [0.717, 1.165) is 6.42 Å². The largest absolute Gasteiger partial charge is 0.461 e. The zero-order chi connectivity index (χ0) is 14.1. The van der Waals surface area contributed by atoms with Crippen LogP contribution < -0.4 is 0 Å². The molecule has 1 atom stereocenters. The first-order valence-corrected chi connectivity index (χ1v) is 6.43. The fourth-order valence-electron chi connectivity index (χ4n) is 2.71. The number of nitrogens with zero attached hydrogens (tertiary/aromatic N) is 1. The first kappa shape index (κ1) is 15.0. The summed E-state index contributed by atoms with van der Waals surface area (Å²) < 4.78 is 5.17. The third kappa shape index (κ3) is 3.72. The van der Waals surface area contributed by atoms with E-state index in [1.54, 1.807) is 19.0 Å². The number of carbonyl (C=O) groups is 2. The highest BCUT2D eigenvalue weighted by atomic mass is 16.6. The van der Waals surface area contributed by atoms with Crippen molar-refractivity contribution in [2.75, 3.05) is 14.1 Å². The lowest BCUT2D eigenvalue weighted by molar-refractivity contribution is -0.184. The monoisotopic (exact) mass is 255 g/mol. The molecule has 1 rings (SSSR count). The summed E-state index contributed by atoms with van der Waals surface area (Å²) in [4.78, 5) is 24.3. The number of rotatable bonds is 5. The van der Waals surface area contributed by atoms with Gasteiger partial charge >= 0.3 is 5.97 Å². The lowest BCUT2D eigenvalue weighted by atomic mass is 9.69. The lowest BCUT2D eigenvalue weighted by Gasteiger charge is -2.43. The summed E-state index contributed by atoms with van der Waals surface area (Å²) in [5.41, 5.74) is -0.170. The zero-order valence-corrected chi connectivity index (χ0v) is 12.4. The second-order valence-electron chi connectivity index (χ2n) is 6.98. The van der Waals surface area contributed by atoms with Crippen LogP contribution in [0.1, 0.15) is 47.0 Å². The Kier molecular flexibility index (Phi) is 4.08. The van der Waals surface area contributed by atoms with Crippen LogP contribution >= 0.6 is 0 Å². The van der Waals surface area contributed by atoms with Crippen molar-refractivity contribution in [1.82, 2.24) is 4.90 Å². The van der Waals surface area contributed by atoms with Crippen molar-refractivity contribution in [3.63, 3.8) is 0 Å². The molecule has 0 N–H and O–H groups in total. The lowest BCUT2D eigenvalue weighted by Crippen LogP contribution is -2.46. The number of carbonyl (C=O) groups excluding carboxylic acids is 2. The molecule has 1 unspecified atom stereocenters. The number of hydrogen-bond donors (Lipinski definition) is 0. The van der Waals surface area contributed by atoms with Crippen LogP contribution in [0, 0.1) is 10.8 Å². The predicted molar refractivity (Wildman–Crippen MR) is 70.0 cm³/mol. The van der Waals surface area contributed by atoms with Crippen LogP contribution in [0.25, 0.3) is 0 Å². The van der Waals surface area contributed by atoms with Crippen LogP contribution in [0.15, 0.2) is 0 Å². The highest BCUT2D eigenvalue weighted by Crippen LogP contribution is 2.43. The number of esters is 1. The first-order valence-electron chi connectivity index (χ1n) is 6.43. The average Bonchev–Trinajstić information content (AvgIpc) is 2.09. The van der Waals surface area contributed by atoms with Gasteiger partial charge in [0.1, 0.15) is 6.10 Å². The van der Waals surface area contributed by atoms with Gasteiger partial charge in [-0.3, -0.25) is 9.59 Å². The smallest absolute Gasteiger partial charge is 0.309 e. The maximum Gasteiger partial charge on any atom is 0.309 e. The maximum absolute atomic E-state index is 11.8. The molecule has 1 aliphatic rings. The predicted octanol–water partition coefficient (Wildman–Crippen LogP) is 2.22. The van der Waals surface area contributed by atoms with Crippen LogP contribution in [0.3, 0.4) is 0 Å². The molecule has 0 bridgehead atoms. The normalized spacial score (nSPS) is 20.1. The van der Waals surface area contributed by atoms with Crippen molar-refractivity contribution in [2.24, 2.45) is 10.8 Å². The fourth-order valence-corrected chi connectivity index (χ4v) is 2.71. The topological polar surface area (TPSA) is 46.6 Å². The molecule has 0 aromatic rings. The minimum atomic E-state index is -0.116. The number of cyclic esters (lactones) is 1. The van der Waals surface area contributed by atoms with E-state index in [2.05, 4.69) is 27.7 Å². The standard InChI is InChI=1S/C14H25NO3/c1-13(2,8-11(16)15(5)6)9-14(3,4)10-7-12(17)18-10/h10H,7-9H2,1-6H3. The van der Waals surface area contributed by atoms with Gasteiger partial charge in [-0.05, 0) is 11.8 Å². The van der Waals surface area contributed by atoms with Gasteiger partial charge in [0.15, 0.2) is 0 Å². The average molecular weight is 255 g/mol. The van der Waals surface area contributed by atoms with Gasteiger partial charge in [0.05, 0.1) is 6.42 Å². The van der Waals surface area contributed by atoms with E-state index in [1.807, 2.05) is 0 Å². The molecule has 0 aromatic carbocycles. The van der Waals surface area contributed by atoms with E-state index in [1.165, 1.54) is 0 Å². The highest BCUT2D eigenvalue weighted by molar-refractivity contribution is 5.76. The van der Waals surface area contributed by atoms with E-state index >= 15 is 0 Å². The van der Waals surface area contributed by atoms with E-state index in [0.29, 0.717) is 12.8 Å². The van der Waals surface area contributed by atoms with Crippen molar-refractivity contribution >= 4 is 11.9 Å². The molecule has 1 aliphatic heterocycles. The van der Waals surface area contributed by atoms with Crippen molar-refractivity contribution in [3.05, 3.63) is 0 Å². The van der Waals surface area contributed by atoms with Crippen molar-refractivity contribution in [3.8, 4) is 0 Å². The summed E-state index contributed by atoms with van der Waals surface area (Å²) in [6, 6.07) is 0. The second-order valence-corrected chi connectivity index (χ2v) is 6.98. The summed E-state index contributed by atoms with van der Waals surface area (Å²) in [6.07, 6.45) is 1.88. The highest BCUT2D eigenvalue weighted by Gasteiger charge is 2.44. The van der Waals surface area contributed by atoms with E-state index in [4.69, 9.17) is 4.74 Å². The first-order chi connectivity index (χ1) is 8.03. The molecule has 1 amide bonds. The van der Waals surface area contributed by atoms with Crippen molar-refractivity contribution in [2.45, 2.75) is 53.1 Å². The second kappa shape index (κ2) is 4.90. The van der Waals surface area contributed by atoms with Gasteiger partial charge in [-0.2, -0.15) is 0 Å². The van der Waals surface area contributed by atoms with E-state index in [9.17, 15) is 9.59 Å². The minimum Gasteiger partial charge on any atom is -0.461 e. The Bertz CT molecular complexity index is 337. The Morgan fingerprint density at radius 3 is 2.22 bits per heavy atom. The molecule has 0 aliphatic carbocycles. The number of ether oxygens (including phenoxy) is 1. The third-order valence-corrected chi connectivity index (χ3v) is 3.56. The number of amides is 1. The molecular formula is C14H25NO3. The summed E-state index contributed by atoms with van der Waals surface area (Å²) in [6.45, 7) is 8.39. The third-order valence-electron chi connectivity index (χ3n) is 3.56. The van der Waals surface area contributed by atoms with Crippen molar-refractivity contribution < 1.29 is 14.3 Å². The van der Waals surface area contributed by atoms with Gasteiger partial charge in [0.25, 0.3) is 0 Å². The molecule has 0 aromatic heterocycles. The van der Waals surface area contributed by atoms with Crippen LogP contribution in [0.4, 0.5) is 0 Å². The molecule has 0 radical (unpaired) electrons. The van der Waals surface area contributed by atoms with Gasteiger partial charge in [0, 0.05) is 25.9 Å². The summed E-state index contributed by atoms with van der Waals surface area (Å²) in [5, 5.41) is 0. The molecule has 0 spiro atoms. The van der Waals surface area contributed by atoms with E-state index < -0.39 is 0 Å².